The number of aromatic nitrogens is 4. The fourth-order valence-electron chi connectivity index (χ4n) is 2.99. The number of nitrogens with zero attached hydrogens (tertiary/aromatic N) is 6. The van der Waals surface area contributed by atoms with Gasteiger partial charge in [0.05, 0.1) is 24.7 Å². The summed E-state index contributed by atoms with van der Waals surface area (Å²) < 4.78 is 7.22. The van der Waals surface area contributed by atoms with Crippen molar-refractivity contribution in [1.29, 1.82) is 0 Å². The van der Waals surface area contributed by atoms with Crippen molar-refractivity contribution >= 4 is 11.8 Å². The number of nitrogen functional groups attached to an aromatic ring is 1. The Morgan fingerprint density at radius 3 is 3.04 bits per heavy atom. The van der Waals surface area contributed by atoms with Gasteiger partial charge in [0.25, 0.3) is 0 Å². The van der Waals surface area contributed by atoms with E-state index in [1.165, 1.54) is 0 Å². The SMILES string of the molecule is COCCn1cncc1CN1CCN(c2nccc(N)n2)C[C@@H](O)C1. The number of nitrogens with two attached hydrogens (primary N) is 1. The minimum absolute atomic E-state index is 0.433. The van der Waals surface area contributed by atoms with Crippen LogP contribution in [0.3, 0.4) is 0 Å². The lowest BCUT2D eigenvalue weighted by molar-refractivity contribution is 0.127. The third kappa shape index (κ3) is 4.65. The number of ether oxygens (including phenoxy) is 1. The standard InChI is InChI=1S/C16H25N7O2/c1-25-7-6-23-12-18-8-13(23)9-21-4-5-22(11-14(24)10-21)16-19-3-2-15(17)20-16/h2-3,8,12,14,24H,4-7,9-11H2,1H3,(H2,17,19,20)/t14-/m0/s1. The van der Waals surface area contributed by atoms with Crippen LogP contribution in [-0.4, -0.2) is 75.5 Å². The van der Waals surface area contributed by atoms with Crippen molar-refractivity contribution in [2.75, 3.05) is 50.5 Å². The molecule has 0 unspecified atom stereocenters. The highest BCUT2D eigenvalue weighted by Crippen LogP contribution is 2.14. The van der Waals surface area contributed by atoms with Crippen molar-refractivity contribution in [2.45, 2.75) is 19.2 Å². The second-order valence-corrected chi connectivity index (χ2v) is 6.19. The predicted octanol–water partition coefficient (Wildman–Crippen LogP) is -0.415. The van der Waals surface area contributed by atoms with Gasteiger partial charge in [0.15, 0.2) is 0 Å². The van der Waals surface area contributed by atoms with Crippen LogP contribution in [0.25, 0.3) is 0 Å². The maximum Gasteiger partial charge on any atom is 0.227 e. The zero-order chi connectivity index (χ0) is 17.6. The third-order valence-electron chi connectivity index (χ3n) is 4.25. The van der Waals surface area contributed by atoms with Crippen molar-refractivity contribution in [3.05, 3.63) is 30.5 Å². The van der Waals surface area contributed by atoms with Gasteiger partial charge in [-0.1, -0.05) is 0 Å². The van der Waals surface area contributed by atoms with Gasteiger partial charge in [-0.3, -0.25) is 4.90 Å². The van der Waals surface area contributed by atoms with Gasteiger partial charge in [-0.15, -0.1) is 0 Å². The molecule has 3 N–H and O–H groups in total. The van der Waals surface area contributed by atoms with Gasteiger partial charge < -0.3 is 25.0 Å². The first kappa shape index (κ1) is 17.6. The Bertz CT molecular complexity index is 678. The van der Waals surface area contributed by atoms with E-state index in [0.29, 0.717) is 31.5 Å². The van der Waals surface area contributed by atoms with Gasteiger partial charge in [0, 0.05) is 58.8 Å². The van der Waals surface area contributed by atoms with Crippen LogP contribution in [0.15, 0.2) is 24.8 Å². The van der Waals surface area contributed by atoms with Crippen LogP contribution in [0.4, 0.5) is 11.8 Å². The summed E-state index contributed by atoms with van der Waals surface area (Å²) in [5.74, 6) is 0.994. The second-order valence-electron chi connectivity index (χ2n) is 6.19. The quantitative estimate of drug-likeness (QED) is 0.726. The Hall–Kier alpha value is -2.23. The number of aliphatic hydroxyl groups excluding tert-OH is 1. The summed E-state index contributed by atoms with van der Waals surface area (Å²) in [5, 5.41) is 10.4. The largest absolute Gasteiger partial charge is 0.390 e. The van der Waals surface area contributed by atoms with Crippen LogP contribution in [-0.2, 0) is 17.8 Å². The van der Waals surface area contributed by atoms with E-state index in [1.807, 2.05) is 17.4 Å². The molecule has 0 bridgehead atoms. The lowest BCUT2D eigenvalue weighted by Crippen LogP contribution is -2.34. The summed E-state index contributed by atoms with van der Waals surface area (Å²) in [6.45, 7) is 4.75. The third-order valence-corrected chi connectivity index (χ3v) is 4.25. The van der Waals surface area contributed by atoms with Gasteiger partial charge >= 0.3 is 0 Å². The maximum atomic E-state index is 10.4. The van der Waals surface area contributed by atoms with Crippen LogP contribution in [0.5, 0.6) is 0 Å². The normalized spacial score (nSPS) is 19.1. The Balaban J connectivity index is 1.64. The summed E-state index contributed by atoms with van der Waals surface area (Å²) in [6.07, 6.45) is 4.84. The lowest BCUT2D eigenvalue weighted by atomic mass is 10.3. The smallest absolute Gasteiger partial charge is 0.227 e. The van der Waals surface area contributed by atoms with E-state index in [-0.39, 0.29) is 0 Å². The molecule has 1 atom stereocenters. The molecular formula is C16H25N7O2. The fourth-order valence-corrected chi connectivity index (χ4v) is 2.99. The molecule has 3 rings (SSSR count). The summed E-state index contributed by atoms with van der Waals surface area (Å²) >= 11 is 0. The Morgan fingerprint density at radius 1 is 1.36 bits per heavy atom. The van der Waals surface area contributed by atoms with Crippen LogP contribution in [0, 0.1) is 0 Å². The lowest BCUT2D eigenvalue weighted by Gasteiger charge is -2.22. The molecule has 0 radical (unpaired) electrons. The van der Waals surface area contributed by atoms with Gasteiger partial charge in [0.2, 0.25) is 5.95 Å². The summed E-state index contributed by atoms with van der Waals surface area (Å²) in [4.78, 5) is 16.9. The van der Waals surface area contributed by atoms with Crippen molar-refractivity contribution < 1.29 is 9.84 Å². The fraction of sp³-hybridized carbons (Fsp3) is 0.562. The van der Waals surface area contributed by atoms with Crippen LogP contribution in [0.2, 0.25) is 0 Å². The summed E-state index contributed by atoms with van der Waals surface area (Å²) in [7, 11) is 1.69. The van der Waals surface area contributed by atoms with Crippen LogP contribution < -0.4 is 10.6 Å². The monoisotopic (exact) mass is 347 g/mol. The molecule has 9 nitrogen and oxygen atoms in total. The van der Waals surface area contributed by atoms with E-state index < -0.39 is 6.10 Å². The maximum absolute atomic E-state index is 10.4. The van der Waals surface area contributed by atoms with Crippen LogP contribution >= 0.6 is 0 Å². The summed E-state index contributed by atoms with van der Waals surface area (Å²) in [5.41, 5.74) is 6.85. The number of aliphatic hydroxyl groups is 1. The van der Waals surface area contributed by atoms with Gasteiger partial charge in [-0.2, -0.15) is 4.98 Å². The minimum Gasteiger partial charge on any atom is -0.390 e. The molecule has 1 saturated heterocycles. The highest BCUT2D eigenvalue weighted by Gasteiger charge is 2.23. The zero-order valence-electron chi connectivity index (χ0n) is 14.5. The highest BCUT2D eigenvalue weighted by molar-refractivity contribution is 5.38. The molecule has 2 aromatic rings. The highest BCUT2D eigenvalue weighted by atomic mass is 16.5. The van der Waals surface area contributed by atoms with Crippen molar-refractivity contribution in [1.82, 2.24) is 24.4 Å². The second kappa shape index (κ2) is 8.24. The van der Waals surface area contributed by atoms with Crippen LogP contribution in [0.1, 0.15) is 5.69 Å². The Labute approximate surface area is 147 Å². The van der Waals surface area contributed by atoms with E-state index in [1.54, 1.807) is 19.4 Å². The number of imidazole rings is 1. The Kier molecular flexibility index (Phi) is 5.79. The molecule has 0 saturated carbocycles. The van der Waals surface area contributed by atoms with Gasteiger partial charge in [0.1, 0.15) is 5.82 Å². The Morgan fingerprint density at radius 2 is 2.24 bits per heavy atom. The number of β-amino-alcohol motifs (C(OH)–C–C–N with tert-alkyl or cyclic N) is 1. The van der Waals surface area contributed by atoms with Crippen molar-refractivity contribution in [3.63, 3.8) is 0 Å². The molecular weight excluding hydrogens is 322 g/mol. The first-order valence-electron chi connectivity index (χ1n) is 8.37. The van der Waals surface area contributed by atoms with E-state index in [2.05, 4.69) is 24.4 Å². The molecule has 0 aliphatic carbocycles. The zero-order valence-corrected chi connectivity index (χ0v) is 14.5. The first-order valence-corrected chi connectivity index (χ1v) is 8.37. The first-order chi connectivity index (χ1) is 12.2. The minimum atomic E-state index is -0.483. The van der Waals surface area contributed by atoms with E-state index in [9.17, 15) is 5.11 Å². The molecule has 25 heavy (non-hydrogen) atoms. The molecule has 3 heterocycles. The molecule has 9 heteroatoms. The average Bonchev–Trinajstić information content (AvgIpc) is 2.94. The predicted molar refractivity (Wildman–Crippen MR) is 94.0 cm³/mol. The van der Waals surface area contributed by atoms with Crippen molar-refractivity contribution in [2.24, 2.45) is 0 Å². The molecule has 136 valence electrons. The molecule has 0 amide bonds. The topological polar surface area (TPSA) is 106 Å². The van der Waals surface area contributed by atoms with E-state index in [0.717, 1.165) is 31.9 Å². The molecule has 1 aliphatic heterocycles. The molecule has 1 aliphatic rings. The number of anilines is 2. The van der Waals surface area contributed by atoms with E-state index >= 15 is 0 Å². The number of rotatable bonds is 6. The number of methoxy groups -OCH3 is 1. The van der Waals surface area contributed by atoms with Gasteiger partial charge in [-0.05, 0) is 6.07 Å². The number of hydrogen-bond acceptors (Lipinski definition) is 8. The van der Waals surface area contributed by atoms with Gasteiger partial charge in [-0.25, -0.2) is 9.97 Å². The number of hydrogen-bond donors (Lipinski definition) is 2. The van der Waals surface area contributed by atoms with Crippen molar-refractivity contribution in [3.8, 4) is 0 Å². The molecule has 0 aromatic carbocycles. The van der Waals surface area contributed by atoms with E-state index in [4.69, 9.17) is 10.5 Å². The summed E-state index contributed by atoms with van der Waals surface area (Å²) in [6, 6.07) is 1.66. The molecule has 1 fully saturated rings. The molecule has 2 aromatic heterocycles. The molecule has 0 spiro atoms. The average molecular weight is 347 g/mol.